The number of aromatic nitrogens is 4. The van der Waals surface area contributed by atoms with Crippen molar-refractivity contribution in [3.8, 4) is 5.69 Å². The highest BCUT2D eigenvalue weighted by molar-refractivity contribution is 5.86. The quantitative estimate of drug-likeness (QED) is 0.684. The molecule has 17 heavy (non-hydrogen) atoms. The Balaban J connectivity index is 2.34. The van der Waals surface area contributed by atoms with E-state index < -0.39 is 0 Å². The van der Waals surface area contributed by atoms with Gasteiger partial charge in [0.1, 0.15) is 5.82 Å². The number of hydrogen-bond acceptors (Lipinski definition) is 4. The maximum atomic E-state index is 5.92. The lowest BCUT2D eigenvalue weighted by Crippen LogP contribution is -2.03. The molecule has 3 rings (SSSR count). The molecule has 0 saturated carbocycles. The number of benzene rings is 1. The van der Waals surface area contributed by atoms with Crippen molar-refractivity contribution in [1.29, 1.82) is 0 Å². The minimum absolute atomic E-state index is 0.598. The molecule has 0 aliphatic carbocycles. The highest BCUT2D eigenvalue weighted by Crippen LogP contribution is 2.21. The fourth-order valence-electron chi connectivity index (χ4n) is 1.87. The number of hydrogen-bond donors (Lipinski definition) is 1. The normalized spacial score (nSPS) is 10.9. The summed E-state index contributed by atoms with van der Waals surface area (Å²) in [6.45, 7) is 1.91. The largest absolute Gasteiger partial charge is 0.384 e. The number of rotatable bonds is 1. The van der Waals surface area contributed by atoms with E-state index in [2.05, 4.69) is 15.3 Å². The fourth-order valence-corrected chi connectivity index (χ4v) is 1.87. The van der Waals surface area contributed by atoms with Gasteiger partial charge in [-0.15, -0.1) is 0 Å². The third kappa shape index (κ3) is 1.52. The molecule has 0 amide bonds. The summed E-state index contributed by atoms with van der Waals surface area (Å²) in [5, 5.41) is 13.4. The molecule has 0 radical (unpaired) electrons. The Morgan fingerprint density at radius 1 is 1.24 bits per heavy atom. The van der Waals surface area contributed by atoms with Crippen LogP contribution in [0.2, 0.25) is 0 Å². The van der Waals surface area contributed by atoms with E-state index >= 15 is 0 Å². The summed E-state index contributed by atoms with van der Waals surface area (Å²) >= 11 is 0. The lowest BCUT2D eigenvalue weighted by atomic mass is 10.2. The molecular formula is C12H11N5. The number of nitrogens with zero attached hydrogens (tertiary/aromatic N) is 4. The highest BCUT2D eigenvalue weighted by Gasteiger charge is 2.08. The average molecular weight is 225 g/mol. The van der Waals surface area contributed by atoms with Crippen molar-refractivity contribution in [2.75, 3.05) is 5.73 Å². The molecule has 0 saturated heterocycles. The van der Waals surface area contributed by atoms with Crippen molar-refractivity contribution in [3.05, 3.63) is 42.2 Å². The highest BCUT2D eigenvalue weighted by atomic mass is 15.3. The van der Waals surface area contributed by atoms with E-state index in [9.17, 15) is 0 Å². The van der Waals surface area contributed by atoms with Crippen LogP contribution >= 0.6 is 0 Å². The number of aryl methyl sites for hydroxylation is 1. The van der Waals surface area contributed by atoms with Crippen LogP contribution in [-0.4, -0.2) is 20.0 Å². The molecule has 1 aromatic carbocycles. The number of nitrogens with two attached hydrogens (primary N) is 1. The zero-order valence-electron chi connectivity index (χ0n) is 9.33. The van der Waals surface area contributed by atoms with Crippen LogP contribution in [0.1, 0.15) is 5.69 Å². The van der Waals surface area contributed by atoms with Crippen LogP contribution in [0.4, 0.5) is 5.82 Å². The third-order valence-corrected chi connectivity index (χ3v) is 2.61. The van der Waals surface area contributed by atoms with Gasteiger partial charge in [-0.2, -0.15) is 15.3 Å². The summed E-state index contributed by atoms with van der Waals surface area (Å²) in [7, 11) is 0. The summed E-state index contributed by atoms with van der Waals surface area (Å²) in [5.74, 6) is 0.598. The number of nitrogen functional groups attached to an aromatic ring is 1. The molecule has 84 valence electrons. The van der Waals surface area contributed by atoms with Crippen LogP contribution in [0.3, 0.4) is 0 Å². The van der Waals surface area contributed by atoms with Gasteiger partial charge in [-0.1, -0.05) is 18.2 Å². The predicted octanol–water partition coefficient (Wildman–Crippen LogP) is 1.71. The smallest absolute Gasteiger partial charge is 0.127 e. The van der Waals surface area contributed by atoms with Gasteiger partial charge in [-0.25, -0.2) is 4.68 Å². The zero-order valence-corrected chi connectivity index (χ0v) is 9.33. The van der Waals surface area contributed by atoms with E-state index in [0.29, 0.717) is 5.82 Å². The van der Waals surface area contributed by atoms with Gasteiger partial charge in [0.2, 0.25) is 0 Å². The van der Waals surface area contributed by atoms with E-state index in [-0.39, 0.29) is 0 Å². The molecule has 0 spiro atoms. The van der Waals surface area contributed by atoms with Crippen LogP contribution < -0.4 is 5.73 Å². The van der Waals surface area contributed by atoms with Crippen LogP contribution in [0.15, 0.2) is 36.5 Å². The summed E-state index contributed by atoms with van der Waals surface area (Å²) < 4.78 is 1.69. The summed E-state index contributed by atoms with van der Waals surface area (Å²) in [5.41, 5.74) is 8.47. The third-order valence-electron chi connectivity index (χ3n) is 2.61. The second kappa shape index (κ2) is 3.55. The Labute approximate surface area is 97.9 Å². The van der Waals surface area contributed by atoms with Gasteiger partial charge in [0.05, 0.1) is 23.1 Å². The SMILES string of the molecule is Cc1cc(N)n(-c2cnnc3ccccc23)n1. The van der Waals surface area contributed by atoms with E-state index in [4.69, 9.17) is 5.73 Å². The minimum Gasteiger partial charge on any atom is -0.384 e. The standard InChI is InChI=1S/C12H11N5/c1-8-6-12(13)17(16-8)11-7-14-15-10-5-3-2-4-9(10)11/h2-7H,13H2,1H3. The molecule has 5 heteroatoms. The van der Waals surface area contributed by atoms with Crippen LogP contribution in [0, 0.1) is 6.92 Å². The molecule has 0 bridgehead atoms. The first-order chi connectivity index (χ1) is 8.25. The number of anilines is 1. The predicted molar refractivity (Wildman–Crippen MR) is 65.8 cm³/mol. The molecule has 0 aliphatic heterocycles. The van der Waals surface area contributed by atoms with E-state index in [0.717, 1.165) is 22.3 Å². The molecule has 2 aromatic heterocycles. The van der Waals surface area contributed by atoms with Gasteiger partial charge >= 0.3 is 0 Å². The molecule has 0 aliphatic rings. The van der Waals surface area contributed by atoms with Crippen molar-refractivity contribution >= 4 is 16.7 Å². The fraction of sp³-hybridized carbons (Fsp3) is 0.0833. The molecule has 0 unspecified atom stereocenters. The molecule has 3 aromatic rings. The van der Waals surface area contributed by atoms with Crippen molar-refractivity contribution in [2.24, 2.45) is 0 Å². The Morgan fingerprint density at radius 2 is 2.06 bits per heavy atom. The Bertz CT molecular complexity index is 681. The van der Waals surface area contributed by atoms with Crippen LogP contribution in [0.25, 0.3) is 16.6 Å². The molecule has 0 fully saturated rings. The average Bonchev–Trinajstić information content (AvgIpc) is 2.68. The van der Waals surface area contributed by atoms with Gasteiger partial charge in [0.25, 0.3) is 0 Å². The van der Waals surface area contributed by atoms with Crippen LogP contribution in [-0.2, 0) is 0 Å². The lowest BCUT2D eigenvalue weighted by Gasteiger charge is -2.06. The second-order valence-corrected chi connectivity index (χ2v) is 3.87. The maximum Gasteiger partial charge on any atom is 0.127 e. The summed E-state index contributed by atoms with van der Waals surface area (Å²) in [6.07, 6.45) is 1.67. The van der Waals surface area contributed by atoms with Gasteiger partial charge in [0, 0.05) is 11.5 Å². The van der Waals surface area contributed by atoms with E-state index in [1.54, 1.807) is 10.9 Å². The topological polar surface area (TPSA) is 69.6 Å². The first kappa shape index (κ1) is 9.77. The summed E-state index contributed by atoms with van der Waals surface area (Å²) in [4.78, 5) is 0. The van der Waals surface area contributed by atoms with Gasteiger partial charge in [-0.05, 0) is 13.0 Å². The molecule has 2 heterocycles. The van der Waals surface area contributed by atoms with Gasteiger partial charge in [-0.3, -0.25) is 0 Å². The maximum absolute atomic E-state index is 5.92. The van der Waals surface area contributed by atoms with Crippen molar-refractivity contribution in [2.45, 2.75) is 6.92 Å². The first-order valence-corrected chi connectivity index (χ1v) is 5.28. The summed E-state index contributed by atoms with van der Waals surface area (Å²) in [6, 6.07) is 9.61. The Hall–Kier alpha value is -2.43. The van der Waals surface area contributed by atoms with E-state index in [1.807, 2.05) is 37.3 Å². The van der Waals surface area contributed by atoms with E-state index in [1.165, 1.54) is 0 Å². The Morgan fingerprint density at radius 3 is 2.82 bits per heavy atom. The van der Waals surface area contributed by atoms with Crippen molar-refractivity contribution < 1.29 is 0 Å². The zero-order chi connectivity index (χ0) is 11.8. The van der Waals surface area contributed by atoms with Gasteiger partial charge in [0.15, 0.2) is 0 Å². The first-order valence-electron chi connectivity index (χ1n) is 5.28. The molecule has 2 N–H and O–H groups in total. The van der Waals surface area contributed by atoms with Crippen LogP contribution in [0.5, 0.6) is 0 Å². The Kier molecular flexibility index (Phi) is 2.04. The molecule has 5 nitrogen and oxygen atoms in total. The lowest BCUT2D eigenvalue weighted by molar-refractivity contribution is 0.865. The van der Waals surface area contributed by atoms with Gasteiger partial charge < -0.3 is 5.73 Å². The second-order valence-electron chi connectivity index (χ2n) is 3.87. The molecule has 0 atom stereocenters. The van der Waals surface area contributed by atoms with Crippen molar-refractivity contribution in [3.63, 3.8) is 0 Å². The number of fused-ring (bicyclic) bond motifs is 1. The minimum atomic E-state index is 0.598. The molecular weight excluding hydrogens is 214 g/mol. The van der Waals surface area contributed by atoms with Crippen molar-refractivity contribution in [1.82, 2.24) is 20.0 Å². The monoisotopic (exact) mass is 225 g/mol.